The maximum Gasteiger partial charge on any atom is 0.305 e. The van der Waals surface area contributed by atoms with Crippen LogP contribution in [0.2, 0.25) is 0 Å². The lowest BCUT2D eigenvalue weighted by Gasteiger charge is -2.18. The Labute approximate surface area is 206 Å². The molecule has 3 aromatic rings. The molecule has 0 spiro atoms. The summed E-state index contributed by atoms with van der Waals surface area (Å²) < 4.78 is 37.1. The molecule has 0 N–H and O–H groups in total. The summed E-state index contributed by atoms with van der Waals surface area (Å²) in [6, 6.07) is 18.1. The second-order valence-electron chi connectivity index (χ2n) is 8.51. The number of esters is 1. The number of benzene rings is 2. The van der Waals surface area contributed by atoms with Crippen molar-refractivity contribution in [1.82, 2.24) is 4.98 Å². The molecule has 0 aliphatic carbocycles. The molecule has 1 atom stereocenters. The Balaban J connectivity index is 2.11. The van der Waals surface area contributed by atoms with E-state index >= 15 is 0 Å². The van der Waals surface area contributed by atoms with Gasteiger partial charge in [0.2, 0.25) is 7.37 Å². The molecule has 0 aliphatic heterocycles. The molecule has 1 heterocycles. The van der Waals surface area contributed by atoms with E-state index in [1.54, 1.807) is 24.0 Å². The van der Waals surface area contributed by atoms with Gasteiger partial charge in [-0.15, -0.1) is 0 Å². The minimum atomic E-state index is -3.15. The summed E-state index contributed by atoms with van der Waals surface area (Å²) >= 11 is 0. The summed E-state index contributed by atoms with van der Waals surface area (Å²) in [4.78, 5) is 16.4. The highest BCUT2D eigenvalue weighted by Crippen LogP contribution is 2.49. The van der Waals surface area contributed by atoms with Crippen molar-refractivity contribution in [3.63, 3.8) is 0 Å². The minimum absolute atomic E-state index is 0.139. The van der Waals surface area contributed by atoms with Crippen LogP contribution in [0.25, 0.3) is 28.6 Å². The van der Waals surface area contributed by atoms with E-state index < -0.39 is 7.37 Å². The standard InChI is InChI=1S/C28H31FNO4P/c1-20(2)25-19-26(21-9-6-5-7-10-21)30-28(22-12-14-23(29)15-13-22)24(25)16-18-35(32,34-4)17-8-11-27(31)33-3/h5-7,9-10,12-16,18-20H,8,11,17H2,1-4H3. The highest BCUT2D eigenvalue weighted by molar-refractivity contribution is 7.62. The summed E-state index contributed by atoms with van der Waals surface area (Å²) in [6.07, 6.45) is 2.56. The lowest BCUT2D eigenvalue weighted by atomic mass is 9.92. The monoisotopic (exact) mass is 495 g/mol. The molecule has 3 rings (SSSR count). The number of carbonyl (C=O) groups is 1. The van der Waals surface area contributed by atoms with Gasteiger partial charge in [-0.1, -0.05) is 44.2 Å². The highest BCUT2D eigenvalue weighted by Gasteiger charge is 2.21. The minimum Gasteiger partial charge on any atom is -0.469 e. The Hall–Kier alpha value is -3.08. The second kappa shape index (κ2) is 12.1. The number of nitrogens with zero attached hydrogens (tertiary/aromatic N) is 1. The Morgan fingerprint density at radius 2 is 1.74 bits per heavy atom. The smallest absolute Gasteiger partial charge is 0.305 e. The number of rotatable bonds is 10. The number of hydrogen-bond donors (Lipinski definition) is 0. The third-order valence-electron chi connectivity index (χ3n) is 5.76. The molecule has 2 aromatic carbocycles. The Bertz CT molecular complexity index is 1220. The van der Waals surface area contributed by atoms with E-state index in [1.807, 2.05) is 36.4 Å². The highest BCUT2D eigenvalue weighted by atomic mass is 31.2. The van der Waals surface area contributed by atoms with E-state index in [2.05, 4.69) is 18.6 Å². The van der Waals surface area contributed by atoms with Crippen molar-refractivity contribution >= 4 is 19.4 Å². The van der Waals surface area contributed by atoms with Gasteiger partial charge in [0.15, 0.2) is 0 Å². The molecular formula is C28H31FNO4P. The third-order valence-corrected chi connectivity index (χ3v) is 7.92. The van der Waals surface area contributed by atoms with Crippen molar-refractivity contribution in [3.05, 3.63) is 83.4 Å². The molecule has 0 saturated carbocycles. The maximum atomic E-state index is 13.7. The second-order valence-corrected chi connectivity index (χ2v) is 11.1. The van der Waals surface area contributed by atoms with E-state index in [4.69, 9.17) is 9.51 Å². The number of methoxy groups -OCH3 is 1. The van der Waals surface area contributed by atoms with Gasteiger partial charge >= 0.3 is 5.97 Å². The number of hydrogen-bond acceptors (Lipinski definition) is 5. The van der Waals surface area contributed by atoms with Crippen LogP contribution < -0.4 is 0 Å². The largest absolute Gasteiger partial charge is 0.469 e. The molecule has 0 bridgehead atoms. The molecule has 0 amide bonds. The SMILES string of the molecule is COC(=O)CCCP(=O)(C=Cc1c(C(C)C)cc(-c2ccccc2)nc1-c1ccc(F)cc1)OC. The zero-order valence-electron chi connectivity index (χ0n) is 20.5. The van der Waals surface area contributed by atoms with Crippen molar-refractivity contribution in [2.75, 3.05) is 20.4 Å². The van der Waals surface area contributed by atoms with E-state index in [1.165, 1.54) is 26.4 Å². The average Bonchev–Trinajstić information content (AvgIpc) is 2.87. The first-order valence-electron chi connectivity index (χ1n) is 11.5. The maximum absolute atomic E-state index is 13.7. The molecule has 184 valence electrons. The van der Waals surface area contributed by atoms with Crippen molar-refractivity contribution in [1.29, 1.82) is 0 Å². The molecule has 1 unspecified atom stereocenters. The van der Waals surface area contributed by atoms with Gasteiger partial charge in [-0.2, -0.15) is 0 Å². The normalized spacial score (nSPS) is 13.2. The van der Waals surface area contributed by atoms with Gasteiger partial charge in [0.05, 0.1) is 18.5 Å². The third kappa shape index (κ3) is 6.97. The predicted octanol–water partition coefficient (Wildman–Crippen LogP) is 7.53. The topological polar surface area (TPSA) is 65.5 Å². The van der Waals surface area contributed by atoms with Gasteiger partial charge in [-0.05, 0) is 54.3 Å². The summed E-state index contributed by atoms with van der Waals surface area (Å²) in [6.45, 7) is 4.17. The number of ether oxygens (including phenoxy) is 1. The van der Waals surface area contributed by atoms with Crippen molar-refractivity contribution in [2.24, 2.45) is 0 Å². The van der Waals surface area contributed by atoms with Gasteiger partial charge in [-0.3, -0.25) is 9.36 Å². The first-order chi connectivity index (χ1) is 16.8. The summed E-state index contributed by atoms with van der Waals surface area (Å²) in [5.41, 5.74) is 5.02. The van der Waals surface area contributed by atoms with Crippen LogP contribution in [-0.4, -0.2) is 31.3 Å². The molecule has 7 heteroatoms. The molecule has 0 radical (unpaired) electrons. The summed E-state index contributed by atoms with van der Waals surface area (Å²) in [5, 5.41) is 0. The molecule has 1 aromatic heterocycles. The first kappa shape index (κ1) is 26.5. The van der Waals surface area contributed by atoms with Gasteiger partial charge < -0.3 is 9.26 Å². The van der Waals surface area contributed by atoms with E-state index in [0.29, 0.717) is 12.1 Å². The fourth-order valence-corrected chi connectivity index (χ4v) is 5.20. The fourth-order valence-electron chi connectivity index (χ4n) is 3.77. The number of aromatic nitrogens is 1. The lowest BCUT2D eigenvalue weighted by Crippen LogP contribution is -2.02. The van der Waals surface area contributed by atoms with Crippen molar-refractivity contribution in [2.45, 2.75) is 32.6 Å². The number of pyridine rings is 1. The van der Waals surface area contributed by atoms with Crippen LogP contribution in [0.1, 0.15) is 43.7 Å². The molecule has 0 aliphatic rings. The van der Waals surface area contributed by atoms with Crippen LogP contribution in [0.5, 0.6) is 0 Å². The van der Waals surface area contributed by atoms with E-state index in [9.17, 15) is 13.8 Å². The Morgan fingerprint density at radius 3 is 2.34 bits per heavy atom. The Morgan fingerprint density at radius 1 is 1.06 bits per heavy atom. The Kier molecular flexibility index (Phi) is 9.13. The van der Waals surface area contributed by atoms with Crippen LogP contribution in [0.3, 0.4) is 0 Å². The molecule has 0 saturated heterocycles. The summed E-state index contributed by atoms with van der Waals surface area (Å²) in [5.74, 6) is 1.05. The van der Waals surface area contributed by atoms with Crippen molar-refractivity contribution in [3.8, 4) is 22.5 Å². The van der Waals surface area contributed by atoms with Gasteiger partial charge in [0, 0.05) is 42.2 Å². The zero-order valence-corrected chi connectivity index (χ0v) is 21.4. The summed E-state index contributed by atoms with van der Waals surface area (Å²) in [7, 11) is -0.413. The quantitative estimate of drug-likeness (QED) is 0.215. The predicted molar refractivity (Wildman–Crippen MR) is 139 cm³/mol. The van der Waals surface area contributed by atoms with E-state index in [0.717, 1.165) is 27.9 Å². The van der Waals surface area contributed by atoms with Crippen LogP contribution in [0.4, 0.5) is 4.39 Å². The number of carbonyl (C=O) groups excluding carboxylic acids is 1. The molecule has 5 nitrogen and oxygen atoms in total. The van der Waals surface area contributed by atoms with Gasteiger partial charge in [0.1, 0.15) is 5.82 Å². The number of halogens is 1. The first-order valence-corrected chi connectivity index (χ1v) is 13.4. The molecular weight excluding hydrogens is 464 g/mol. The van der Waals surface area contributed by atoms with Gasteiger partial charge in [0.25, 0.3) is 0 Å². The fraction of sp³-hybridized carbons (Fsp3) is 0.286. The molecule has 35 heavy (non-hydrogen) atoms. The lowest BCUT2D eigenvalue weighted by molar-refractivity contribution is -0.140. The average molecular weight is 496 g/mol. The van der Waals surface area contributed by atoms with E-state index in [-0.39, 0.29) is 30.3 Å². The zero-order chi connectivity index (χ0) is 25.4. The van der Waals surface area contributed by atoms with Crippen LogP contribution in [0, 0.1) is 5.82 Å². The molecule has 0 fully saturated rings. The van der Waals surface area contributed by atoms with Crippen molar-refractivity contribution < 1.29 is 23.0 Å². The van der Waals surface area contributed by atoms with Crippen LogP contribution >= 0.6 is 7.37 Å². The van der Waals surface area contributed by atoms with Crippen LogP contribution in [-0.2, 0) is 18.6 Å². The van der Waals surface area contributed by atoms with Gasteiger partial charge in [-0.25, -0.2) is 9.37 Å². The van der Waals surface area contributed by atoms with Crippen LogP contribution in [0.15, 0.2) is 66.5 Å².